The zero-order valence-corrected chi connectivity index (χ0v) is 21.3. The number of ketones is 1. The quantitative estimate of drug-likeness (QED) is 0.210. The number of benzene rings is 1. The molecule has 0 saturated carbocycles. The Morgan fingerprint density at radius 1 is 1.13 bits per heavy atom. The first kappa shape index (κ1) is 26.9. The first-order valence-corrected chi connectivity index (χ1v) is 14.3. The minimum atomic E-state index is -1.54. The molecule has 0 N–H and O–H groups in total. The number of hydrogen-bond donors (Lipinski definition) is 0. The first-order chi connectivity index (χ1) is 14.5. The summed E-state index contributed by atoms with van der Waals surface area (Å²) >= 11 is 0. The third-order valence-electron chi connectivity index (χ3n) is 5.55. The van der Waals surface area contributed by atoms with E-state index in [1.165, 1.54) is 7.11 Å². The second-order valence-electron chi connectivity index (χ2n) is 9.24. The number of carbonyl (C=O) groups is 2. The Kier molecular flexibility index (Phi) is 10.5. The van der Waals surface area contributed by atoms with Gasteiger partial charge in [0.2, 0.25) is 0 Å². The number of esters is 1. The summed E-state index contributed by atoms with van der Waals surface area (Å²) in [7, 11) is 1.41. The average molecular weight is 447 g/mol. The average Bonchev–Trinajstić information content (AvgIpc) is 2.75. The maximum absolute atomic E-state index is 13.1. The Balaban J connectivity index is 2.95. The lowest BCUT2D eigenvalue weighted by Crippen LogP contribution is -2.39. The fourth-order valence-corrected chi connectivity index (χ4v) is 3.68. The van der Waals surface area contributed by atoms with Crippen molar-refractivity contribution in [3.63, 3.8) is 0 Å². The highest BCUT2D eigenvalue weighted by Crippen LogP contribution is 2.30. The van der Waals surface area contributed by atoms with Crippen molar-refractivity contribution in [2.24, 2.45) is 17.3 Å². The molecule has 0 unspecified atom stereocenters. The van der Waals surface area contributed by atoms with Crippen LogP contribution in [0.25, 0.3) is 0 Å². The third kappa shape index (κ3) is 8.51. The summed E-state index contributed by atoms with van der Waals surface area (Å²) in [5, 5.41) is 0. The standard InChI is InChI=1S/C25H38O5Si/c1-9-25(3,24(27)29-5)23(26)16-21(19(2)14-15-31(6,7)8)18-30-17-20-10-12-22(28-4)13-11-20/h10-13,19,21H,9,16-18H2,1-8H3/t19-,21-,25+/m1/s1. The molecule has 6 heteroatoms. The summed E-state index contributed by atoms with van der Waals surface area (Å²) in [5.41, 5.74) is 3.28. The summed E-state index contributed by atoms with van der Waals surface area (Å²) in [4.78, 5) is 25.4. The van der Waals surface area contributed by atoms with Gasteiger partial charge in [-0.05, 0) is 31.0 Å². The van der Waals surface area contributed by atoms with Crippen LogP contribution in [-0.4, -0.2) is 40.7 Å². The van der Waals surface area contributed by atoms with Crippen molar-refractivity contribution < 1.29 is 23.8 Å². The number of rotatable bonds is 11. The van der Waals surface area contributed by atoms with Gasteiger partial charge in [-0.1, -0.05) is 45.6 Å². The topological polar surface area (TPSA) is 61.8 Å². The molecule has 0 amide bonds. The van der Waals surface area contributed by atoms with E-state index in [9.17, 15) is 9.59 Å². The van der Waals surface area contributed by atoms with Crippen LogP contribution in [0.15, 0.2) is 24.3 Å². The zero-order chi connectivity index (χ0) is 23.7. The van der Waals surface area contributed by atoms with E-state index in [-0.39, 0.29) is 24.0 Å². The lowest BCUT2D eigenvalue weighted by atomic mass is 9.77. The van der Waals surface area contributed by atoms with Crippen LogP contribution in [-0.2, 0) is 25.7 Å². The van der Waals surface area contributed by atoms with Gasteiger partial charge in [0.05, 0.1) is 27.4 Å². The SMILES string of the molecule is CC[C@@](C)(C(=O)C[C@H](COCc1ccc(OC)cc1)[C@H](C)C#C[Si](C)(C)C)C(=O)OC. The fraction of sp³-hybridized carbons (Fsp3) is 0.600. The van der Waals surface area contributed by atoms with E-state index in [2.05, 4.69) is 31.1 Å². The molecular formula is C25H38O5Si. The van der Waals surface area contributed by atoms with Gasteiger partial charge in [0.1, 0.15) is 25.0 Å². The van der Waals surface area contributed by atoms with Crippen molar-refractivity contribution in [1.29, 1.82) is 0 Å². The summed E-state index contributed by atoms with van der Waals surface area (Å²) in [6.07, 6.45) is 0.622. The Labute approximate surface area is 188 Å². The van der Waals surface area contributed by atoms with Crippen LogP contribution in [0.4, 0.5) is 0 Å². The van der Waals surface area contributed by atoms with E-state index in [0.29, 0.717) is 19.6 Å². The van der Waals surface area contributed by atoms with Gasteiger partial charge in [-0.2, -0.15) is 0 Å². The molecular weight excluding hydrogens is 408 g/mol. The molecule has 0 spiro atoms. The number of methoxy groups -OCH3 is 2. The van der Waals surface area contributed by atoms with Crippen LogP contribution in [0.2, 0.25) is 19.6 Å². The number of carbonyl (C=O) groups excluding carboxylic acids is 2. The van der Waals surface area contributed by atoms with E-state index in [0.717, 1.165) is 11.3 Å². The van der Waals surface area contributed by atoms with Gasteiger partial charge < -0.3 is 14.2 Å². The number of hydrogen-bond acceptors (Lipinski definition) is 5. The highest BCUT2D eigenvalue weighted by molar-refractivity contribution is 6.83. The van der Waals surface area contributed by atoms with E-state index >= 15 is 0 Å². The summed E-state index contributed by atoms with van der Waals surface area (Å²) in [5.74, 6) is 3.41. The molecule has 31 heavy (non-hydrogen) atoms. The van der Waals surface area contributed by atoms with E-state index in [1.54, 1.807) is 14.0 Å². The molecule has 1 aromatic carbocycles. The molecule has 0 saturated heterocycles. The van der Waals surface area contributed by atoms with Crippen LogP contribution in [0.5, 0.6) is 5.75 Å². The molecule has 0 aliphatic carbocycles. The van der Waals surface area contributed by atoms with Crippen molar-refractivity contribution >= 4 is 19.8 Å². The zero-order valence-electron chi connectivity index (χ0n) is 20.3. The monoisotopic (exact) mass is 446 g/mol. The van der Waals surface area contributed by atoms with Gasteiger partial charge in [-0.25, -0.2) is 0 Å². The molecule has 0 aliphatic heterocycles. The smallest absolute Gasteiger partial charge is 0.319 e. The van der Waals surface area contributed by atoms with Gasteiger partial charge in [0.25, 0.3) is 0 Å². The molecule has 3 atom stereocenters. The Morgan fingerprint density at radius 2 is 1.74 bits per heavy atom. The van der Waals surface area contributed by atoms with E-state index in [4.69, 9.17) is 14.2 Å². The van der Waals surface area contributed by atoms with Gasteiger partial charge >= 0.3 is 5.97 Å². The first-order valence-electron chi connectivity index (χ1n) is 10.8. The molecule has 0 aromatic heterocycles. The number of ether oxygens (including phenoxy) is 3. The van der Waals surface area contributed by atoms with Crippen LogP contribution in [0, 0.1) is 28.7 Å². The normalized spacial score (nSPS) is 15.1. The van der Waals surface area contributed by atoms with Gasteiger partial charge in [-0.15, -0.1) is 11.5 Å². The lowest BCUT2D eigenvalue weighted by Gasteiger charge is -2.27. The van der Waals surface area contributed by atoms with Crippen LogP contribution in [0.3, 0.4) is 0 Å². The van der Waals surface area contributed by atoms with Crippen LogP contribution < -0.4 is 4.74 Å². The van der Waals surface area contributed by atoms with E-state index in [1.807, 2.05) is 38.1 Å². The Morgan fingerprint density at radius 3 is 2.23 bits per heavy atom. The second kappa shape index (κ2) is 12.1. The predicted octanol–water partition coefficient (Wildman–Crippen LogP) is 4.89. The molecule has 0 heterocycles. The minimum Gasteiger partial charge on any atom is -0.497 e. The molecule has 0 fully saturated rings. The molecule has 1 rings (SSSR count). The maximum Gasteiger partial charge on any atom is 0.319 e. The van der Waals surface area contributed by atoms with Crippen LogP contribution in [0.1, 0.15) is 39.2 Å². The molecule has 1 aromatic rings. The molecule has 5 nitrogen and oxygen atoms in total. The molecule has 0 bridgehead atoms. The Bertz CT molecular complexity index is 785. The highest BCUT2D eigenvalue weighted by Gasteiger charge is 2.41. The Hall–Kier alpha value is -2.10. The van der Waals surface area contributed by atoms with Crippen molar-refractivity contribution in [3.8, 4) is 17.2 Å². The van der Waals surface area contributed by atoms with Crippen LogP contribution >= 0.6 is 0 Å². The molecule has 172 valence electrons. The minimum absolute atomic E-state index is 0.0229. The summed E-state index contributed by atoms with van der Waals surface area (Å²) in [6, 6.07) is 7.70. The molecule has 0 aliphatic rings. The van der Waals surface area contributed by atoms with Crippen molar-refractivity contribution in [1.82, 2.24) is 0 Å². The predicted molar refractivity (Wildman–Crippen MR) is 126 cm³/mol. The van der Waals surface area contributed by atoms with Crippen molar-refractivity contribution in [2.45, 2.75) is 59.9 Å². The second-order valence-corrected chi connectivity index (χ2v) is 14.0. The van der Waals surface area contributed by atoms with E-state index < -0.39 is 19.5 Å². The summed E-state index contributed by atoms with van der Waals surface area (Å²) < 4.78 is 16.1. The van der Waals surface area contributed by atoms with Gasteiger partial charge in [0.15, 0.2) is 0 Å². The van der Waals surface area contributed by atoms with Crippen molar-refractivity contribution in [3.05, 3.63) is 29.8 Å². The fourth-order valence-electron chi connectivity index (χ4n) is 3.02. The molecule has 0 radical (unpaired) electrons. The highest BCUT2D eigenvalue weighted by atomic mass is 28.3. The van der Waals surface area contributed by atoms with Gasteiger partial charge in [-0.3, -0.25) is 9.59 Å². The van der Waals surface area contributed by atoms with Crippen molar-refractivity contribution in [2.75, 3.05) is 20.8 Å². The van der Waals surface area contributed by atoms with Gasteiger partial charge in [0, 0.05) is 18.3 Å². The maximum atomic E-state index is 13.1. The summed E-state index contributed by atoms with van der Waals surface area (Å²) in [6.45, 7) is 12.9. The largest absolute Gasteiger partial charge is 0.497 e. The number of Topliss-reactive ketones (excluding diaryl/α,β-unsaturated/α-hetero) is 1. The lowest BCUT2D eigenvalue weighted by molar-refractivity contribution is -0.157. The third-order valence-corrected chi connectivity index (χ3v) is 6.44.